The van der Waals surface area contributed by atoms with Crippen molar-refractivity contribution in [3.63, 3.8) is 0 Å². The molecular formula is C36H46N2O10S. The van der Waals surface area contributed by atoms with E-state index in [2.05, 4.69) is 5.32 Å². The minimum atomic E-state index is -4.02. The topological polar surface area (TPSA) is 142 Å². The molecule has 2 saturated heterocycles. The molecule has 49 heavy (non-hydrogen) atoms. The number of methoxy groups -OCH3 is 3. The number of rotatable bonds is 15. The summed E-state index contributed by atoms with van der Waals surface area (Å²) in [4.78, 5) is 13.4. The number of carbonyl (C=O) groups excluding carboxylic acids is 1. The summed E-state index contributed by atoms with van der Waals surface area (Å²) in [6.45, 7) is 4.43. The summed E-state index contributed by atoms with van der Waals surface area (Å²) in [6, 6.07) is 18.4. The lowest BCUT2D eigenvalue weighted by molar-refractivity contribution is -0.0907. The van der Waals surface area contributed by atoms with Gasteiger partial charge in [0.2, 0.25) is 10.0 Å². The van der Waals surface area contributed by atoms with Crippen LogP contribution in [0.2, 0.25) is 0 Å². The smallest absolute Gasteiger partial charge is 0.407 e. The van der Waals surface area contributed by atoms with E-state index in [4.69, 9.17) is 28.4 Å². The van der Waals surface area contributed by atoms with Crippen molar-refractivity contribution in [1.29, 1.82) is 0 Å². The average Bonchev–Trinajstić information content (AvgIpc) is 3.72. The largest absolute Gasteiger partial charge is 0.497 e. The number of hydrogen-bond donors (Lipinski definition) is 2. The first-order valence-corrected chi connectivity index (χ1v) is 17.8. The van der Waals surface area contributed by atoms with Crippen molar-refractivity contribution in [2.24, 2.45) is 11.8 Å². The number of sulfonamides is 1. The Morgan fingerprint density at radius 2 is 1.61 bits per heavy atom. The maximum absolute atomic E-state index is 13.9. The standard InChI is InChI=1S/C36H46N2O10S/c1-23(2)20-38(49(41,42)30-11-9-27(43-3)10-12-30)21-33(39)32(37-36(40)48-34-22-47-35-31(34)13-14-46-35)16-24-7-6-8-25(15-24)26-17-28(44-4)19-29(18-26)45-5/h6-12,15,17-19,23,31-35,39H,13-14,16,20-22H2,1-5H3,(H,37,40)/t31-,32-,33+,34-,35+/m0/s1. The number of benzene rings is 3. The molecule has 0 radical (unpaired) electrons. The minimum Gasteiger partial charge on any atom is -0.497 e. The number of fused-ring (bicyclic) bond motifs is 1. The molecule has 0 unspecified atom stereocenters. The van der Waals surface area contributed by atoms with Crippen molar-refractivity contribution < 1.29 is 46.7 Å². The van der Waals surface area contributed by atoms with Gasteiger partial charge in [-0.2, -0.15) is 4.31 Å². The van der Waals surface area contributed by atoms with Gasteiger partial charge < -0.3 is 38.8 Å². The van der Waals surface area contributed by atoms with Gasteiger partial charge in [-0.25, -0.2) is 13.2 Å². The molecule has 2 aliphatic heterocycles. The van der Waals surface area contributed by atoms with Crippen LogP contribution in [-0.2, 0) is 30.7 Å². The molecule has 0 aliphatic carbocycles. The van der Waals surface area contributed by atoms with Crippen molar-refractivity contribution in [3.05, 3.63) is 72.3 Å². The summed E-state index contributed by atoms with van der Waals surface area (Å²) in [5.41, 5.74) is 2.51. The van der Waals surface area contributed by atoms with Crippen LogP contribution in [0.4, 0.5) is 4.79 Å². The Labute approximate surface area is 288 Å². The highest BCUT2D eigenvalue weighted by atomic mass is 32.2. The molecule has 3 aromatic carbocycles. The van der Waals surface area contributed by atoms with Gasteiger partial charge in [-0.1, -0.05) is 38.1 Å². The minimum absolute atomic E-state index is 0.0444. The predicted octanol–water partition coefficient (Wildman–Crippen LogP) is 4.49. The van der Waals surface area contributed by atoms with Crippen LogP contribution < -0.4 is 19.5 Å². The number of hydrogen-bond acceptors (Lipinski definition) is 10. The number of nitrogens with zero attached hydrogens (tertiary/aromatic N) is 1. The highest BCUT2D eigenvalue weighted by Gasteiger charge is 2.44. The molecule has 0 spiro atoms. The van der Waals surface area contributed by atoms with E-state index in [1.807, 2.05) is 50.2 Å². The second kappa shape index (κ2) is 16.2. The summed E-state index contributed by atoms with van der Waals surface area (Å²) >= 11 is 0. The Morgan fingerprint density at radius 3 is 2.27 bits per heavy atom. The second-order valence-corrected chi connectivity index (χ2v) is 14.6. The van der Waals surface area contributed by atoms with Crippen molar-refractivity contribution in [2.75, 3.05) is 47.6 Å². The quantitative estimate of drug-likeness (QED) is 0.233. The summed E-state index contributed by atoms with van der Waals surface area (Å²) in [7, 11) is 0.658. The Bertz CT molecular complexity index is 1640. The molecule has 2 N–H and O–H groups in total. The maximum atomic E-state index is 13.9. The molecule has 0 aromatic heterocycles. The van der Waals surface area contributed by atoms with E-state index >= 15 is 0 Å². The number of alkyl carbamates (subject to hydrolysis) is 1. The zero-order valence-corrected chi connectivity index (χ0v) is 29.4. The number of amides is 1. The van der Waals surface area contributed by atoms with Crippen molar-refractivity contribution in [1.82, 2.24) is 9.62 Å². The highest BCUT2D eigenvalue weighted by Crippen LogP contribution is 2.33. The number of carbonyl (C=O) groups is 1. The first kappa shape index (κ1) is 36.4. The van der Waals surface area contributed by atoms with Gasteiger partial charge in [-0.05, 0) is 71.8 Å². The lowest BCUT2D eigenvalue weighted by Gasteiger charge is -2.31. The number of aliphatic hydroxyl groups excluding tert-OH is 1. The molecule has 3 aromatic rings. The molecule has 2 fully saturated rings. The first-order chi connectivity index (χ1) is 23.5. The van der Waals surface area contributed by atoms with Crippen molar-refractivity contribution in [3.8, 4) is 28.4 Å². The van der Waals surface area contributed by atoms with E-state index in [9.17, 15) is 18.3 Å². The molecule has 2 aliphatic rings. The van der Waals surface area contributed by atoms with Crippen molar-refractivity contribution in [2.45, 2.75) is 56.1 Å². The van der Waals surface area contributed by atoms with Crippen LogP contribution in [0.5, 0.6) is 17.2 Å². The monoisotopic (exact) mass is 698 g/mol. The van der Waals surface area contributed by atoms with Crippen LogP contribution >= 0.6 is 0 Å². The van der Waals surface area contributed by atoms with Crippen LogP contribution in [0.1, 0.15) is 25.8 Å². The lowest BCUT2D eigenvalue weighted by Crippen LogP contribution is -2.51. The zero-order chi connectivity index (χ0) is 35.1. The lowest BCUT2D eigenvalue weighted by atomic mass is 9.97. The van der Waals surface area contributed by atoms with Gasteiger partial charge in [-0.3, -0.25) is 0 Å². The Balaban J connectivity index is 1.41. The van der Waals surface area contributed by atoms with Crippen LogP contribution in [0.3, 0.4) is 0 Å². The second-order valence-electron chi connectivity index (χ2n) is 12.7. The van der Waals surface area contributed by atoms with Gasteiger partial charge in [0.25, 0.3) is 0 Å². The molecule has 266 valence electrons. The molecule has 5 rings (SSSR count). The van der Waals surface area contributed by atoms with Crippen LogP contribution in [0, 0.1) is 11.8 Å². The summed E-state index contributed by atoms with van der Waals surface area (Å²) in [5.74, 6) is 1.67. The predicted molar refractivity (Wildman–Crippen MR) is 182 cm³/mol. The number of aliphatic hydroxyl groups is 1. The summed E-state index contributed by atoms with van der Waals surface area (Å²) in [5, 5.41) is 14.6. The van der Waals surface area contributed by atoms with Crippen LogP contribution in [-0.4, -0.2) is 96.1 Å². The SMILES string of the molecule is COc1ccc(S(=O)(=O)N(CC(C)C)C[C@@H](O)[C@H](Cc2cccc(-c3cc(OC)cc(OC)c3)c2)NC(=O)O[C@H]2CO[C@H]3OCC[C@H]32)cc1. The molecule has 2 heterocycles. The molecule has 13 heteroatoms. The molecule has 1 amide bonds. The fourth-order valence-corrected chi connectivity index (χ4v) is 7.79. The van der Waals surface area contributed by atoms with Crippen LogP contribution in [0.15, 0.2) is 71.6 Å². The van der Waals surface area contributed by atoms with Crippen LogP contribution in [0.25, 0.3) is 11.1 Å². The molecular weight excluding hydrogens is 652 g/mol. The van der Waals surface area contributed by atoms with E-state index in [0.717, 1.165) is 16.7 Å². The molecule has 12 nitrogen and oxygen atoms in total. The first-order valence-electron chi connectivity index (χ1n) is 16.4. The molecule has 0 bridgehead atoms. The van der Waals surface area contributed by atoms with Gasteiger partial charge in [0, 0.05) is 19.2 Å². The van der Waals surface area contributed by atoms with E-state index in [1.54, 1.807) is 32.4 Å². The Hall–Kier alpha value is -3.88. The zero-order valence-electron chi connectivity index (χ0n) is 28.5. The normalized spacial score (nSPS) is 20.1. The fraction of sp³-hybridized carbons (Fsp3) is 0.472. The molecule has 5 atom stereocenters. The maximum Gasteiger partial charge on any atom is 0.407 e. The van der Waals surface area contributed by atoms with Gasteiger partial charge in [0.1, 0.15) is 23.4 Å². The van der Waals surface area contributed by atoms with E-state index in [0.29, 0.717) is 30.3 Å². The summed E-state index contributed by atoms with van der Waals surface area (Å²) in [6.07, 6.45) is -2.03. The average molecular weight is 699 g/mol. The third kappa shape index (κ3) is 9.03. The highest BCUT2D eigenvalue weighted by molar-refractivity contribution is 7.89. The molecule has 0 saturated carbocycles. The number of nitrogens with one attached hydrogen (secondary N) is 1. The Morgan fingerprint density at radius 1 is 0.918 bits per heavy atom. The van der Waals surface area contributed by atoms with Gasteiger partial charge in [-0.15, -0.1) is 0 Å². The van der Waals surface area contributed by atoms with E-state index in [-0.39, 0.29) is 42.8 Å². The summed E-state index contributed by atoms with van der Waals surface area (Å²) < 4.78 is 62.1. The number of ether oxygens (including phenoxy) is 6. The van der Waals surface area contributed by atoms with Gasteiger partial charge in [0.15, 0.2) is 6.29 Å². The third-order valence-corrected chi connectivity index (χ3v) is 10.6. The fourth-order valence-electron chi connectivity index (χ4n) is 6.17. The van der Waals surface area contributed by atoms with Crippen molar-refractivity contribution >= 4 is 16.1 Å². The van der Waals surface area contributed by atoms with E-state index in [1.165, 1.54) is 23.5 Å². The van der Waals surface area contributed by atoms with Gasteiger partial charge in [0.05, 0.1) is 57.5 Å². The van der Waals surface area contributed by atoms with Gasteiger partial charge >= 0.3 is 6.09 Å². The van der Waals surface area contributed by atoms with E-state index < -0.39 is 40.7 Å². The third-order valence-electron chi connectivity index (χ3n) is 8.74. The Kier molecular flexibility index (Phi) is 12.0.